The van der Waals surface area contributed by atoms with Gasteiger partial charge < -0.3 is 19.3 Å². The molecule has 0 aromatic carbocycles. The Kier molecular flexibility index (Phi) is 6.11. The number of pyridine rings is 1. The lowest BCUT2D eigenvalue weighted by molar-refractivity contribution is 0.0292. The van der Waals surface area contributed by atoms with E-state index in [1.807, 2.05) is 0 Å². The molecule has 1 amide bonds. The Hall–Kier alpha value is -1.91. The van der Waals surface area contributed by atoms with Gasteiger partial charge in [-0.25, -0.2) is 22.9 Å². The third-order valence-corrected chi connectivity index (χ3v) is 6.03. The normalized spacial score (nSPS) is 21.0. The summed E-state index contributed by atoms with van der Waals surface area (Å²) in [6.45, 7) is 8.89. The summed E-state index contributed by atoms with van der Waals surface area (Å²) in [5, 5.41) is 0. The summed E-state index contributed by atoms with van der Waals surface area (Å²) in [6, 6.07) is 2.92. The predicted octanol–water partition coefficient (Wildman–Crippen LogP) is 1.21. The van der Waals surface area contributed by atoms with Crippen LogP contribution in [0.25, 0.3) is 0 Å². The fourth-order valence-electron chi connectivity index (χ4n) is 3.15. The first-order chi connectivity index (χ1) is 13.1. The molecule has 2 fully saturated rings. The van der Waals surface area contributed by atoms with Crippen molar-refractivity contribution < 1.29 is 22.7 Å². The van der Waals surface area contributed by atoms with Gasteiger partial charge in [-0.15, -0.1) is 0 Å². The molecule has 0 spiro atoms. The average Bonchev–Trinajstić information content (AvgIpc) is 3.09. The second-order valence-corrected chi connectivity index (χ2v) is 9.70. The number of hydrogen-bond acceptors (Lipinski definition) is 7. The van der Waals surface area contributed by atoms with Crippen molar-refractivity contribution in [1.82, 2.24) is 14.6 Å². The first-order valence-corrected chi connectivity index (χ1v) is 10.9. The molecule has 3 rings (SSSR count). The van der Waals surface area contributed by atoms with E-state index in [0.29, 0.717) is 26.2 Å². The number of carbonyl (C=O) groups excluding carboxylic acids is 1. The van der Waals surface area contributed by atoms with Crippen LogP contribution in [0.5, 0.6) is 0 Å². The van der Waals surface area contributed by atoms with Crippen LogP contribution in [0.2, 0.25) is 0 Å². The molecule has 10 heteroatoms. The molecule has 9 nitrogen and oxygen atoms in total. The molecule has 0 bridgehead atoms. The molecule has 1 aromatic heterocycles. The highest BCUT2D eigenvalue weighted by atomic mass is 32.2. The minimum absolute atomic E-state index is 0.111. The maximum atomic E-state index is 12.7. The molecule has 2 saturated heterocycles. The van der Waals surface area contributed by atoms with Gasteiger partial charge in [0.15, 0.2) is 0 Å². The second kappa shape index (κ2) is 8.22. The van der Waals surface area contributed by atoms with Crippen LogP contribution in [-0.2, 0) is 19.5 Å². The number of hydrogen-bond donors (Lipinski definition) is 1. The number of sulfonamides is 1. The second-order valence-electron chi connectivity index (χ2n) is 7.98. The zero-order valence-corrected chi connectivity index (χ0v) is 17.4. The number of nitrogens with zero attached hydrogens (tertiary/aromatic N) is 3. The Balaban J connectivity index is 1.58. The fraction of sp³-hybridized carbons (Fsp3) is 0.667. The van der Waals surface area contributed by atoms with E-state index in [1.54, 1.807) is 32.9 Å². The molecular weight excluding hydrogens is 384 g/mol. The highest BCUT2D eigenvalue weighted by Gasteiger charge is 2.32. The minimum atomic E-state index is -3.71. The minimum Gasteiger partial charge on any atom is -0.444 e. The Morgan fingerprint density at radius 3 is 2.57 bits per heavy atom. The number of likely N-dealkylation sites (tertiary alicyclic amines) is 1. The Bertz CT molecular complexity index is 785. The number of anilines is 1. The SMILES string of the molecule is CC(C)(C)OC(=O)N1CC[C@H](NS(=O)(=O)c2ccc(N3CCOCC3)nc2)C1. The summed E-state index contributed by atoms with van der Waals surface area (Å²) in [6.07, 6.45) is 1.48. The van der Waals surface area contributed by atoms with Gasteiger partial charge in [0.1, 0.15) is 16.3 Å². The summed E-state index contributed by atoms with van der Waals surface area (Å²) >= 11 is 0. The lowest BCUT2D eigenvalue weighted by Gasteiger charge is -2.27. The van der Waals surface area contributed by atoms with E-state index in [0.717, 1.165) is 18.9 Å². The largest absolute Gasteiger partial charge is 0.444 e. The van der Waals surface area contributed by atoms with Crippen molar-refractivity contribution in [3.8, 4) is 0 Å². The molecule has 0 radical (unpaired) electrons. The third-order valence-electron chi connectivity index (χ3n) is 4.53. The van der Waals surface area contributed by atoms with Crippen molar-refractivity contribution in [2.75, 3.05) is 44.3 Å². The standard InChI is InChI=1S/C18H28N4O5S/c1-18(2,3)27-17(23)22-7-6-14(13-22)20-28(24,25)15-4-5-16(19-12-15)21-8-10-26-11-9-21/h4-5,12,14,20H,6-11,13H2,1-3H3/t14-/m0/s1. The number of aromatic nitrogens is 1. The van der Waals surface area contributed by atoms with Crippen LogP contribution < -0.4 is 9.62 Å². The molecule has 0 saturated carbocycles. The Morgan fingerprint density at radius 2 is 1.96 bits per heavy atom. The van der Waals surface area contributed by atoms with Gasteiger partial charge in [0, 0.05) is 38.4 Å². The van der Waals surface area contributed by atoms with Crippen molar-refractivity contribution >= 4 is 21.9 Å². The Labute approximate surface area is 166 Å². The van der Waals surface area contributed by atoms with E-state index in [4.69, 9.17) is 9.47 Å². The highest BCUT2D eigenvalue weighted by molar-refractivity contribution is 7.89. The molecule has 28 heavy (non-hydrogen) atoms. The van der Waals surface area contributed by atoms with Crippen LogP contribution in [0.15, 0.2) is 23.2 Å². The number of rotatable bonds is 4. The first kappa shape index (κ1) is 20.8. The molecule has 0 aliphatic carbocycles. The van der Waals surface area contributed by atoms with Crippen LogP contribution in [0, 0.1) is 0 Å². The maximum Gasteiger partial charge on any atom is 0.410 e. The summed E-state index contributed by atoms with van der Waals surface area (Å²) in [5.41, 5.74) is -0.581. The van der Waals surface area contributed by atoms with E-state index in [1.165, 1.54) is 11.1 Å². The first-order valence-electron chi connectivity index (χ1n) is 9.43. The summed E-state index contributed by atoms with van der Waals surface area (Å²) in [4.78, 5) is 20.1. The van der Waals surface area contributed by atoms with Gasteiger partial charge in [0.25, 0.3) is 0 Å². The van der Waals surface area contributed by atoms with Gasteiger partial charge in [0.05, 0.1) is 13.2 Å². The van der Waals surface area contributed by atoms with Gasteiger partial charge in [-0.05, 0) is 39.3 Å². The van der Waals surface area contributed by atoms with E-state index < -0.39 is 21.7 Å². The van der Waals surface area contributed by atoms with Crippen molar-refractivity contribution in [2.45, 2.75) is 43.7 Å². The lowest BCUT2D eigenvalue weighted by Crippen LogP contribution is -2.40. The number of morpholine rings is 1. The summed E-state index contributed by atoms with van der Waals surface area (Å²) < 4.78 is 38.6. The van der Waals surface area contributed by atoms with Gasteiger partial charge in [0.2, 0.25) is 10.0 Å². The zero-order valence-electron chi connectivity index (χ0n) is 16.6. The molecule has 3 heterocycles. The van der Waals surface area contributed by atoms with Gasteiger partial charge in [-0.3, -0.25) is 0 Å². The van der Waals surface area contributed by atoms with Crippen molar-refractivity contribution in [1.29, 1.82) is 0 Å². The predicted molar refractivity (Wildman–Crippen MR) is 104 cm³/mol. The fourth-order valence-corrected chi connectivity index (χ4v) is 4.35. The maximum absolute atomic E-state index is 12.7. The van der Waals surface area contributed by atoms with E-state index in [2.05, 4.69) is 14.6 Å². The number of amides is 1. The van der Waals surface area contributed by atoms with Crippen LogP contribution >= 0.6 is 0 Å². The van der Waals surface area contributed by atoms with Crippen LogP contribution in [0.4, 0.5) is 10.6 Å². The summed E-state index contributed by atoms with van der Waals surface area (Å²) in [5.74, 6) is 0.735. The van der Waals surface area contributed by atoms with Crippen molar-refractivity contribution in [2.24, 2.45) is 0 Å². The van der Waals surface area contributed by atoms with Crippen molar-refractivity contribution in [3.05, 3.63) is 18.3 Å². The highest BCUT2D eigenvalue weighted by Crippen LogP contribution is 2.19. The molecular formula is C18H28N4O5S. The van der Waals surface area contributed by atoms with Crippen LogP contribution in [0.1, 0.15) is 27.2 Å². The molecule has 2 aliphatic heterocycles. The van der Waals surface area contributed by atoms with Crippen molar-refractivity contribution in [3.63, 3.8) is 0 Å². The van der Waals surface area contributed by atoms with E-state index in [-0.39, 0.29) is 17.5 Å². The smallest absolute Gasteiger partial charge is 0.410 e. The molecule has 156 valence electrons. The number of carbonyl (C=O) groups is 1. The zero-order chi connectivity index (χ0) is 20.4. The van der Waals surface area contributed by atoms with E-state index in [9.17, 15) is 13.2 Å². The average molecular weight is 413 g/mol. The third kappa shape index (κ3) is 5.33. The molecule has 2 aliphatic rings. The molecule has 1 atom stereocenters. The molecule has 0 unspecified atom stereocenters. The monoisotopic (exact) mass is 412 g/mol. The topological polar surface area (TPSA) is 101 Å². The lowest BCUT2D eigenvalue weighted by atomic mass is 10.2. The van der Waals surface area contributed by atoms with Crippen LogP contribution in [0.3, 0.4) is 0 Å². The van der Waals surface area contributed by atoms with Crippen LogP contribution in [-0.4, -0.2) is 75.4 Å². The number of ether oxygens (including phenoxy) is 2. The molecule has 1 aromatic rings. The van der Waals surface area contributed by atoms with Gasteiger partial charge >= 0.3 is 6.09 Å². The molecule has 1 N–H and O–H groups in total. The summed E-state index contributed by atoms with van der Waals surface area (Å²) in [7, 11) is -3.71. The van der Waals surface area contributed by atoms with E-state index >= 15 is 0 Å². The van der Waals surface area contributed by atoms with Gasteiger partial charge in [-0.1, -0.05) is 0 Å². The quantitative estimate of drug-likeness (QED) is 0.793. The number of nitrogens with one attached hydrogen (secondary N) is 1. The Morgan fingerprint density at radius 1 is 1.25 bits per heavy atom. The van der Waals surface area contributed by atoms with Gasteiger partial charge in [-0.2, -0.15) is 0 Å².